The highest BCUT2D eigenvalue weighted by Crippen LogP contribution is 2.34. The molecule has 0 aromatic heterocycles. The van der Waals surface area contributed by atoms with E-state index in [2.05, 4.69) is 5.32 Å². The van der Waals surface area contributed by atoms with Crippen molar-refractivity contribution in [2.45, 2.75) is 12.3 Å². The molecule has 1 atom stereocenters. The van der Waals surface area contributed by atoms with Gasteiger partial charge in [-0.05, 0) is 23.8 Å². The summed E-state index contributed by atoms with van der Waals surface area (Å²) >= 11 is 0. The Kier molecular flexibility index (Phi) is 3.03. The molecular formula is C16H14FNO. The van der Waals surface area contributed by atoms with Crippen LogP contribution in [0.3, 0.4) is 0 Å². The standard InChI is InChI=1S/C16H14FNO/c17-14-7-3-1-6-13(14)16(19)9-11-10-18-15-8-4-2-5-12(11)15/h1-8,11,18H,9-10H2. The number of Topliss-reactive ketones (excluding diaryl/α,β-unsaturated/α-hetero) is 1. The van der Waals surface area contributed by atoms with E-state index in [1.807, 2.05) is 24.3 Å². The molecule has 0 spiro atoms. The number of carbonyl (C=O) groups is 1. The first-order valence-electron chi connectivity index (χ1n) is 6.36. The van der Waals surface area contributed by atoms with Crippen LogP contribution in [-0.4, -0.2) is 12.3 Å². The molecule has 0 amide bonds. The highest BCUT2D eigenvalue weighted by Gasteiger charge is 2.25. The van der Waals surface area contributed by atoms with Gasteiger partial charge < -0.3 is 5.32 Å². The van der Waals surface area contributed by atoms with E-state index in [1.165, 1.54) is 6.07 Å². The summed E-state index contributed by atoms with van der Waals surface area (Å²) in [5.41, 5.74) is 2.41. The molecule has 2 aromatic rings. The minimum atomic E-state index is -0.438. The molecule has 19 heavy (non-hydrogen) atoms. The average Bonchev–Trinajstić information content (AvgIpc) is 2.83. The maximum Gasteiger partial charge on any atom is 0.166 e. The van der Waals surface area contributed by atoms with Crippen molar-refractivity contribution in [3.63, 3.8) is 0 Å². The molecule has 0 saturated carbocycles. The number of para-hydroxylation sites is 1. The number of hydrogen-bond donors (Lipinski definition) is 1. The summed E-state index contributed by atoms with van der Waals surface area (Å²) < 4.78 is 13.6. The van der Waals surface area contributed by atoms with Gasteiger partial charge in [0.2, 0.25) is 0 Å². The van der Waals surface area contributed by atoms with Crippen LogP contribution in [0.15, 0.2) is 48.5 Å². The molecule has 2 nitrogen and oxygen atoms in total. The lowest BCUT2D eigenvalue weighted by Crippen LogP contribution is -2.10. The van der Waals surface area contributed by atoms with Crippen LogP contribution in [0.5, 0.6) is 0 Å². The van der Waals surface area contributed by atoms with Crippen molar-refractivity contribution < 1.29 is 9.18 Å². The Bertz CT molecular complexity index is 624. The second-order valence-electron chi connectivity index (χ2n) is 4.77. The third-order valence-electron chi connectivity index (χ3n) is 3.55. The van der Waals surface area contributed by atoms with Crippen LogP contribution in [-0.2, 0) is 0 Å². The third-order valence-corrected chi connectivity index (χ3v) is 3.55. The molecule has 1 unspecified atom stereocenters. The predicted octanol–water partition coefficient (Wildman–Crippen LogP) is 3.61. The monoisotopic (exact) mass is 255 g/mol. The first kappa shape index (κ1) is 11.9. The van der Waals surface area contributed by atoms with E-state index in [0.29, 0.717) is 6.42 Å². The number of rotatable bonds is 3. The molecule has 0 radical (unpaired) electrons. The maximum atomic E-state index is 13.6. The smallest absolute Gasteiger partial charge is 0.166 e. The molecule has 1 aliphatic heterocycles. The van der Waals surface area contributed by atoms with Crippen molar-refractivity contribution in [2.24, 2.45) is 0 Å². The van der Waals surface area contributed by atoms with Gasteiger partial charge in [-0.15, -0.1) is 0 Å². The third kappa shape index (κ3) is 2.24. The lowest BCUT2D eigenvalue weighted by atomic mass is 9.93. The van der Waals surface area contributed by atoms with Crippen LogP contribution in [0.4, 0.5) is 10.1 Å². The number of carbonyl (C=O) groups excluding carboxylic acids is 1. The molecule has 0 saturated heterocycles. The minimum Gasteiger partial charge on any atom is -0.384 e. The van der Waals surface area contributed by atoms with E-state index in [-0.39, 0.29) is 17.3 Å². The molecule has 0 aliphatic carbocycles. The average molecular weight is 255 g/mol. The Hall–Kier alpha value is -2.16. The summed E-state index contributed by atoms with van der Waals surface area (Å²) in [5, 5.41) is 3.28. The van der Waals surface area contributed by atoms with Gasteiger partial charge in [0.1, 0.15) is 5.82 Å². The Labute approximate surface area is 111 Å². The largest absolute Gasteiger partial charge is 0.384 e. The zero-order chi connectivity index (χ0) is 13.2. The second-order valence-corrected chi connectivity index (χ2v) is 4.77. The van der Waals surface area contributed by atoms with E-state index >= 15 is 0 Å². The number of hydrogen-bond acceptors (Lipinski definition) is 2. The van der Waals surface area contributed by atoms with Gasteiger partial charge in [0.25, 0.3) is 0 Å². The van der Waals surface area contributed by atoms with Gasteiger partial charge in [0, 0.05) is 24.6 Å². The maximum absolute atomic E-state index is 13.6. The lowest BCUT2D eigenvalue weighted by Gasteiger charge is -2.09. The summed E-state index contributed by atoms with van der Waals surface area (Å²) in [7, 11) is 0. The summed E-state index contributed by atoms with van der Waals surface area (Å²) in [4.78, 5) is 12.2. The van der Waals surface area contributed by atoms with Crippen molar-refractivity contribution in [1.82, 2.24) is 0 Å². The molecule has 2 aromatic carbocycles. The van der Waals surface area contributed by atoms with Crippen molar-refractivity contribution in [3.05, 3.63) is 65.5 Å². The Morgan fingerprint density at radius 3 is 2.74 bits per heavy atom. The zero-order valence-corrected chi connectivity index (χ0v) is 10.4. The van der Waals surface area contributed by atoms with Crippen LogP contribution < -0.4 is 5.32 Å². The van der Waals surface area contributed by atoms with Crippen LogP contribution in [0, 0.1) is 5.82 Å². The van der Waals surface area contributed by atoms with Crippen molar-refractivity contribution >= 4 is 11.5 Å². The quantitative estimate of drug-likeness (QED) is 0.849. The number of benzene rings is 2. The van der Waals surface area contributed by atoms with Crippen LogP contribution in [0.25, 0.3) is 0 Å². The number of nitrogens with one attached hydrogen (secondary N) is 1. The fourth-order valence-corrected chi connectivity index (χ4v) is 2.56. The van der Waals surface area contributed by atoms with Crippen molar-refractivity contribution in [1.29, 1.82) is 0 Å². The molecule has 3 rings (SSSR count). The molecular weight excluding hydrogens is 241 g/mol. The van der Waals surface area contributed by atoms with Gasteiger partial charge in [-0.1, -0.05) is 30.3 Å². The number of fused-ring (bicyclic) bond motifs is 1. The zero-order valence-electron chi connectivity index (χ0n) is 10.4. The van der Waals surface area contributed by atoms with E-state index in [4.69, 9.17) is 0 Å². The first-order valence-corrected chi connectivity index (χ1v) is 6.36. The Morgan fingerprint density at radius 2 is 1.89 bits per heavy atom. The normalized spacial score (nSPS) is 16.8. The molecule has 0 bridgehead atoms. The van der Waals surface area contributed by atoms with Crippen LogP contribution >= 0.6 is 0 Å². The summed E-state index contributed by atoms with van der Waals surface area (Å²) in [6.07, 6.45) is 0.338. The molecule has 96 valence electrons. The molecule has 1 heterocycles. The van der Waals surface area contributed by atoms with E-state index < -0.39 is 5.82 Å². The van der Waals surface area contributed by atoms with Gasteiger partial charge in [0.15, 0.2) is 5.78 Å². The van der Waals surface area contributed by atoms with Crippen molar-refractivity contribution in [3.8, 4) is 0 Å². The van der Waals surface area contributed by atoms with E-state index in [0.717, 1.165) is 17.8 Å². The Morgan fingerprint density at radius 1 is 1.16 bits per heavy atom. The number of ketones is 1. The fourth-order valence-electron chi connectivity index (χ4n) is 2.56. The first-order chi connectivity index (χ1) is 9.25. The topological polar surface area (TPSA) is 29.1 Å². The minimum absolute atomic E-state index is 0.128. The summed E-state index contributed by atoms with van der Waals surface area (Å²) in [6.45, 7) is 0.736. The predicted molar refractivity (Wildman–Crippen MR) is 73.0 cm³/mol. The number of anilines is 1. The van der Waals surface area contributed by atoms with E-state index in [9.17, 15) is 9.18 Å². The number of halogens is 1. The van der Waals surface area contributed by atoms with Gasteiger partial charge in [0.05, 0.1) is 5.56 Å². The summed E-state index contributed by atoms with van der Waals surface area (Å²) in [5.74, 6) is -0.448. The fraction of sp³-hybridized carbons (Fsp3) is 0.188. The van der Waals surface area contributed by atoms with Gasteiger partial charge in [-0.3, -0.25) is 4.79 Å². The lowest BCUT2D eigenvalue weighted by molar-refractivity contribution is 0.0971. The molecule has 3 heteroatoms. The molecule has 0 fully saturated rings. The van der Waals surface area contributed by atoms with Gasteiger partial charge in [-0.25, -0.2) is 4.39 Å². The van der Waals surface area contributed by atoms with Crippen LogP contribution in [0.1, 0.15) is 28.3 Å². The SMILES string of the molecule is O=C(CC1CNc2ccccc21)c1ccccc1F. The van der Waals surface area contributed by atoms with Gasteiger partial charge in [-0.2, -0.15) is 0 Å². The van der Waals surface area contributed by atoms with Crippen LogP contribution in [0.2, 0.25) is 0 Å². The highest BCUT2D eigenvalue weighted by atomic mass is 19.1. The Balaban J connectivity index is 1.81. The van der Waals surface area contributed by atoms with Gasteiger partial charge >= 0.3 is 0 Å². The van der Waals surface area contributed by atoms with Crippen molar-refractivity contribution in [2.75, 3.05) is 11.9 Å². The molecule has 1 N–H and O–H groups in total. The second kappa shape index (κ2) is 4.84. The summed E-state index contributed by atoms with van der Waals surface area (Å²) in [6, 6.07) is 14.1. The molecule has 1 aliphatic rings. The van der Waals surface area contributed by atoms with E-state index in [1.54, 1.807) is 18.2 Å². The highest BCUT2D eigenvalue weighted by molar-refractivity contribution is 5.97.